The Morgan fingerprint density at radius 2 is 1.71 bits per heavy atom. The average molecular weight is 289 g/mol. The predicted octanol–water partition coefficient (Wildman–Crippen LogP) is 4.47. The lowest BCUT2D eigenvalue weighted by Crippen LogP contribution is -2.37. The van der Waals surface area contributed by atoms with E-state index < -0.39 is 0 Å². The molecule has 2 heteroatoms. The summed E-state index contributed by atoms with van der Waals surface area (Å²) in [6.07, 6.45) is 8.10. The maximum Gasteiger partial charge on any atom is 0.0723 e. The molecule has 1 aliphatic rings. The Hall–Kier alpha value is -0.860. The molecule has 1 fully saturated rings. The van der Waals surface area contributed by atoms with Crippen molar-refractivity contribution in [2.75, 3.05) is 6.54 Å². The highest BCUT2D eigenvalue weighted by atomic mass is 16.5. The molecule has 0 aromatic heterocycles. The minimum atomic E-state index is 0.188. The van der Waals surface area contributed by atoms with E-state index in [2.05, 4.69) is 50.4 Å². The molecule has 1 aliphatic carbocycles. The number of ether oxygens (including phenoxy) is 1. The van der Waals surface area contributed by atoms with Gasteiger partial charge < -0.3 is 10.1 Å². The molecule has 0 heterocycles. The molecule has 0 unspecified atom stereocenters. The second-order valence-electron chi connectivity index (χ2n) is 7.27. The Bertz CT molecular complexity index is 416. The van der Waals surface area contributed by atoms with Crippen molar-refractivity contribution in [1.82, 2.24) is 5.32 Å². The van der Waals surface area contributed by atoms with Gasteiger partial charge in [0.2, 0.25) is 0 Å². The summed E-state index contributed by atoms with van der Waals surface area (Å²) in [5, 5.41) is 3.56. The van der Waals surface area contributed by atoms with Gasteiger partial charge in [-0.2, -0.15) is 0 Å². The topological polar surface area (TPSA) is 21.3 Å². The monoisotopic (exact) mass is 289 g/mol. The SMILES string of the molecule is CC(C)(C)NCCc1ccccc1COC1CCCCC1. The third-order valence-corrected chi connectivity index (χ3v) is 4.19. The van der Waals surface area contributed by atoms with Crippen LogP contribution in [0.5, 0.6) is 0 Å². The largest absolute Gasteiger partial charge is 0.374 e. The third kappa shape index (κ3) is 6.19. The van der Waals surface area contributed by atoms with Crippen LogP contribution >= 0.6 is 0 Å². The number of hydrogen-bond acceptors (Lipinski definition) is 2. The van der Waals surface area contributed by atoms with Crippen molar-refractivity contribution in [3.8, 4) is 0 Å². The van der Waals surface area contributed by atoms with Crippen molar-refractivity contribution in [3.63, 3.8) is 0 Å². The second-order valence-corrected chi connectivity index (χ2v) is 7.27. The minimum absolute atomic E-state index is 0.188. The standard InChI is InChI=1S/C19H31NO/c1-19(2,3)20-14-13-16-9-7-8-10-17(16)15-21-18-11-5-4-6-12-18/h7-10,18,20H,4-6,11-15H2,1-3H3. The first-order chi connectivity index (χ1) is 10.0. The zero-order valence-corrected chi connectivity index (χ0v) is 14.0. The van der Waals surface area contributed by atoms with Crippen LogP contribution in [0, 0.1) is 0 Å². The van der Waals surface area contributed by atoms with Gasteiger partial charge >= 0.3 is 0 Å². The average Bonchev–Trinajstić information content (AvgIpc) is 2.46. The molecule has 1 aromatic carbocycles. The lowest BCUT2D eigenvalue weighted by Gasteiger charge is -2.23. The van der Waals surface area contributed by atoms with Crippen LogP contribution in [0.2, 0.25) is 0 Å². The zero-order chi connectivity index (χ0) is 15.1. The summed E-state index contributed by atoms with van der Waals surface area (Å²) in [5.41, 5.74) is 2.97. The van der Waals surface area contributed by atoms with Crippen LogP contribution in [0.1, 0.15) is 64.0 Å². The fourth-order valence-electron chi connectivity index (χ4n) is 2.95. The summed E-state index contributed by atoms with van der Waals surface area (Å²) in [6, 6.07) is 8.72. The Morgan fingerprint density at radius 1 is 1.05 bits per heavy atom. The van der Waals surface area contributed by atoms with Crippen LogP contribution < -0.4 is 5.32 Å². The summed E-state index contributed by atoms with van der Waals surface area (Å²) in [7, 11) is 0. The van der Waals surface area contributed by atoms with Gasteiger partial charge in [0.05, 0.1) is 12.7 Å². The molecule has 0 atom stereocenters. The Morgan fingerprint density at radius 3 is 2.38 bits per heavy atom. The summed E-state index contributed by atoms with van der Waals surface area (Å²) in [6.45, 7) is 8.43. The van der Waals surface area contributed by atoms with Crippen LogP contribution in [0.3, 0.4) is 0 Å². The minimum Gasteiger partial charge on any atom is -0.374 e. The highest BCUT2D eigenvalue weighted by Gasteiger charge is 2.14. The summed E-state index contributed by atoms with van der Waals surface area (Å²) in [4.78, 5) is 0. The highest BCUT2D eigenvalue weighted by Crippen LogP contribution is 2.22. The highest BCUT2D eigenvalue weighted by molar-refractivity contribution is 5.26. The molecule has 0 amide bonds. The van der Waals surface area contributed by atoms with E-state index in [1.54, 1.807) is 0 Å². The van der Waals surface area contributed by atoms with E-state index in [9.17, 15) is 0 Å². The van der Waals surface area contributed by atoms with Crippen molar-refractivity contribution < 1.29 is 4.74 Å². The van der Waals surface area contributed by atoms with Gasteiger partial charge in [0, 0.05) is 5.54 Å². The first kappa shape index (κ1) is 16.5. The molecular formula is C19H31NO. The maximum absolute atomic E-state index is 6.14. The van der Waals surface area contributed by atoms with Crippen LogP contribution in [-0.2, 0) is 17.8 Å². The Balaban J connectivity index is 1.84. The first-order valence-electron chi connectivity index (χ1n) is 8.48. The number of benzene rings is 1. The van der Waals surface area contributed by atoms with Gasteiger partial charge in [0.25, 0.3) is 0 Å². The molecule has 21 heavy (non-hydrogen) atoms. The Kier molecular flexibility index (Phi) is 6.25. The van der Waals surface area contributed by atoms with Crippen molar-refractivity contribution in [1.29, 1.82) is 0 Å². The summed E-state index contributed by atoms with van der Waals surface area (Å²) >= 11 is 0. The quantitative estimate of drug-likeness (QED) is 0.834. The normalized spacial score (nSPS) is 17.1. The van der Waals surface area contributed by atoms with Crippen molar-refractivity contribution >= 4 is 0 Å². The smallest absolute Gasteiger partial charge is 0.0723 e. The molecule has 0 spiro atoms. The summed E-state index contributed by atoms with van der Waals surface area (Å²) < 4.78 is 6.14. The molecule has 118 valence electrons. The first-order valence-corrected chi connectivity index (χ1v) is 8.48. The van der Waals surface area contributed by atoms with E-state index in [0.717, 1.165) is 19.6 Å². The van der Waals surface area contributed by atoms with Crippen LogP contribution in [0.4, 0.5) is 0 Å². The van der Waals surface area contributed by atoms with Crippen molar-refractivity contribution in [2.45, 2.75) is 77.5 Å². The van der Waals surface area contributed by atoms with Crippen LogP contribution in [-0.4, -0.2) is 18.2 Å². The number of hydrogen-bond donors (Lipinski definition) is 1. The van der Waals surface area contributed by atoms with Crippen LogP contribution in [0.15, 0.2) is 24.3 Å². The van der Waals surface area contributed by atoms with Gasteiger partial charge in [-0.15, -0.1) is 0 Å². The van der Waals surface area contributed by atoms with E-state index in [0.29, 0.717) is 6.10 Å². The van der Waals surface area contributed by atoms with Crippen molar-refractivity contribution in [2.24, 2.45) is 0 Å². The molecule has 0 aliphatic heterocycles. The Labute approximate surface area is 130 Å². The van der Waals surface area contributed by atoms with Gasteiger partial charge in [-0.1, -0.05) is 43.5 Å². The fourth-order valence-corrected chi connectivity index (χ4v) is 2.95. The van der Waals surface area contributed by atoms with E-state index in [-0.39, 0.29) is 5.54 Å². The zero-order valence-electron chi connectivity index (χ0n) is 14.0. The number of rotatable bonds is 6. The molecule has 0 bridgehead atoms. The molecule has 0 radical (unpaired) electrons. The van der Waals surface area contributed by atoms with E-state index in [1.807, 2.05) is 0 Å². The van der Waals surface area contributed by atoms with Crippen LogP contribution in [0.25, 0.3) is 0 Å². The lowest BCUT2D eigenvalue weighted by molar-refractivity contribution is 0.0165. The summed E-state index contributed by atoms with van der Waals surface area (Å²) in [5.74, 6) is 0. The molecular weight excluding hydrogens is 258 g/mol. The number of nitrogens with one attached hydrogen (secondary N) is 1. The third-order valence-electron chi connectivity index (χ3n) is 4.19. The van der Waals surface area contributed by atoms with E-state index in [1.165, 1.54) is 43.2 Å². The molecule has 2 rings (SSSR count). The van der Waals surface area contributed by atoms with E-state index in [4.69, 9.17) is 4.74 Å². The molecule has 1 saturated carbocycles. The van der Waals surface area contributed by atoms with Gasteiger partial charge in [-0.05, 0) is 57.7 Å². The lowest BCUT2D eigenvalue weighted by atomic mass is 9.97. The second kappa shape index (κ2) is 7.95. The molecule has 0 saturated heterocycles. The van der Waals surface area contributed by atoms with Gasteiger partial charge in [0.1, 0.15) is 0 Å². The van der Waals surface area contributed by atoms with Gasteiger partial charge in [-0.3, -0.25) is 0 Å². The predicted molar refractivity (Wildman–Crippen MR) is 89.6 cm³/mol. The molecule has 2 nitrogen and oxygen atoms in total. The van der Waals surface area contributed by atoms with Gasteiger partial charge in [-0.25, -0.2) is 0 Å². The van der Waals surface area contributed by atoms with Crippen molar-refractivity contribution in [3.05, 3.63) is 35.4 Å². The van der Waals surface area contributed by atoms with Gasteiger partial charge in [0.15, 0.2) is 0 Å². The fraction of sp³-hybridized carbons (Fsp3) is 0.684. The molecule has 1 N–H and O–H groups in total. The molecule has 1 aromatic rings. The van der Waals surface area contributed by atoms with E-state index >= 15 is 0 Å². The maximum atomic E-state index is 6.14.